The Balaban J connectivity index is 2.02. The predicted octanol–water partition coefficient (Wildman–Crippen LogP) is 0.694. The molecule has 1 amide bonds. The molecule has 0 radical (unpaired) electrons. The van der Waals surface area contributed by atoms with E-state index in [0.29, 0.717) is 38.3 Å². The number of carbonyl (C=O) groups is 2. The van der Waals surface area contributed by atoms with Crippen LogP contribution in [0.15, 0.2) is 29.2 Å². The van der Waals surface area contributed by atoms with E-state index >= 15 is 0 Å². The summed E-state index contributed by atoms with van der Waals surface area (Å²) < 4.78 is 32.0. The summed E-state index contributed by atoms with van der Waals surface area (Å²) in [5.41, 5.74) is 0.316. The van der Waals surface area contributed by atoms with Gasteiger partial charge >= 0.3 is 5.97 Å². The minimum atomic E-state index is -3.64. The quantitative estimate of drug-likeness (QED) is 0.680. The van der Waals surface area contributed by atoms with Crippen LogP contribution < -0.4 is 5.32 Å². The molecule has 0 saturated carbocycles. The summed E-state index contributed by atoms with van der Waals surface area (Å²) in [4.78, 5) is 25.8. The van der Waals surface area contributed by atoms with Crippen LogP contribution in [-0.2, 0) is 19.6 Å². The first-order valence-corrected chi connectivity index (χ1v) is 10.5. The zero-order valence-electron chi connectivity index (χ0n) is 16.0. The molecule has 0 aromatic heterocycles. The van der Waals surface area contributed by atoms with Crippen molar-refractivity contribution < 1.29 is 22.7 Å². The Kier molecular flexibility index (Phi) is 7.34. The van der Waals surface area contributed by atoms with Crippen LogP contribution in [0.3, 0.4) is 0 Å². The minimum Gasteiger partial charge on any atom is -0.462 e. The second kappa shape index (κ2) is 9.29. The normalized spacial score (nSPS) is 17.3. The van der Waals surface area contributed by atoms with E-state index in [1.807, 2.05) is 18.7 Å². The Labute approximate surface area is 160 Å². The van der Waals surface area contributed by atoms with Crippen molar-refractivity contribution >= 4 is 21.9 Å². The van der Waals surface area contributed by atoms with Crippen LogP contribution in [0, 0.1) is 0 Å². The smallest absolute Gasteiger partial charge is 0.338 e. The maximum atomic E-state index is 12.8. The minimum absolute atomic E-state index is 0.0524. The first kappa shape index (κ1) is 21.3. The van der Waals surface area contributed by atoms with E-state index in [9.17, 15) is 18.0 Å². The molecule has 1 fully saturated rings. The van der Waals surface area contributed by atoms with Gasteiger partial charge in [-0.05, 0) is 45.0 Å². The lowest BCUT2D eigenvalue weighted by atomic mass is 10.2. The summed E-state index contributed by atoms with van der Waals surface area (Å²) in [7, 11) is -3.64. The molecule has 0 spiro atoms. The fourth-order valence-corrected chi connectivity index (χ4v) is 4.37. The average Bonchev–Trinajstić information content (AvgIpc) is 2.68. The van der Waals surface area contributed by atoms with Crippen molar-refractivity contribution in [3.05, 3.63) is 29.8 Å². The number of ether oxygens (including phenoxy) is 1. The van der Waals surface area contributed by atoms with E-state index in [-0.39, 0.29) is 23.5 Å². The predicted molar refractivity (Wildman–Crippen MR) is 101 cm³/mol. The van der Waals surface area contributed by atoms with Crippen LogP contribution in [0.25, 0.3) is 0 Å². The van der Waals surface area contributed by atoms with Gasteiger partial charge in [0, 0.05) is 32.7 Å². The summed E-state index contributed by atoms with van der Waals surface area (Å²) in [5.74, 6) is -0.530. The number of nitrogens with one attached hydrogen (secondary N) is 1. The topological polar surface area (TPSA) is 96.0 Å². The van der Waals surface area contributed by atoms with Crippen LogP contribution in [0.2, 0.25) is 0 Å². The third-order valence-electron chi connectivity index (χ3n) is 4.55. The highest BCUT2D eigenvalue weighted by Crippen LogP contribution is 2.19. The first-order valence-electron chi connectivity index (χ1n) is 9.10. The van der Waals surface area contributed by atoms with Crippen molar-refractivity contribution in [3.8, 4) is 0 Å². The first-order chi connectivity index (χ1) is 12.8. The lowest BCUT2D eigenvalue weighted by Gasteiger charge is -2.36. The van der Waals surface area contributed by atoms with Gasteiger partial charge in [-0.25, -0.2) is 13.2 Å². The van der Waals surface area contributed by atoms with Crippen molar-refractivity contribution in [3.63, 3.8) is 0 Å². The monoisotopic (exact) mass is 397 g/mol. The van der Waals surface area contributed by atoms with Crippen LogP contribution in [0.1, 0.15) is 31.1 Å². The van der Waals surface area contributed by atoms with E-state index < -0.39 is 16.0 Å². The molecule has 1 aliphatic heterocycles. The average molecular weight is 397 g/mol. The molecule has 1 aromatic rings. The summed E-state index contributed by atoms with van der Waals surface area (Å²) in [6, 6.07) is 5.46. The number of carbonyl (C=O) groups excluding carboxylic acids is 2. The third-order valence-corrected chi connectivity index (χ3v) is 6.47. The Morgan fingerprint density at radius 2 is 1.70 bits per heavy atom. The molecule has 1 aromatic carbocycles. The number of benzene rings is 1. The molecular weight excluding hydrogens is 370 g/mol. The molecule has 1 aliphatic rings. The van der Waals surface area contributed by atoms with Gasteiger partial charge in [0.1, 0.15) is 0 Å². The van der Waals surface area contributed by atoms with E-state index in [2.05, 4.69) is 5.32 Å². The van der Waals surface area contributed by atoms with Gasteiger partial charge in [-0.3, -0.25) is 9.69 Å². The van der Waals surface area contributed by atoms with Crippen LogP contribution in [0.4, 0.5) is 0 Å². The van der Waals surface area contributed by atoms with Crippen LogP contribution in [-0.4, -0.2) is 74.9 Å². The molecule has 1 N–H and O–H groups in total. The number of amides is 1. The van der Waals surface area contributed by atoms with Crippen molar-refractivity contribution in [1.82, 2.24) is 14.5 Å². The van der Waals surface area contributed by atoms with E-state index in [1.165, 1.54) is 28.6 Å². The second-order valence-electron chi connectivity index (χ2n) is 6.26. The summed E-state index contributed by atoms with van der Waals surface area (Å²) in [6.45, 7) is 7.82. The number of nitrogens with zero attached hydrogens (tertiary/aromatic N) is 2. The molecule has 150 valence electrons. The number of rotatable bonds is 7. The Morgan fingerprint density at radius 1 is 1.11 bits per heavy atom. The SMILES string of the molecule is CCNC(=O)[C@H](C)N1CCN(S(=O)(=O)c2ccc(C(=O)OCC)cc2)CC1. The number of likely N-dealkylation sites (N-methyl/N-ethyl adjacent to an activating group) is 1. The second-order valence-corrected chi connectivity index (χ2v) is 8.19. The van der Waals surface area contributed by atoms with Gasteiger partial charge in [-0.15, -0.1) is 0 Å². The summed E-state index contributed by atoms with van der Waals surface area (Å²) in [6.07, 6.45) is 0. The fraction of sp³-hybridized carbons (Fsp3) is 0.556. The highest BCUT2D eigenvalue weighted by Gasteiger charge is 2.31. The fourth-order valence-electron chi connectivity index (χ4n) is 2.95. The lowest BCUT2D eigenvalue weighted by molar-refractivity contribution is -0.126. The number of piperazine rings is 1. The molecule has 8 nitrogen and oxygen atoms in total. The molecule has 27 heavy (non-hydrogen) atoms. The summed E-state index contributed by atoms with van der Waals surface area (Å²) >= 11 is 0. The number of hydrogen-bond acceptors (Lipinski definition) is 6. The number of esters is 1. The van der Waals surface area contributed by atoms with Gasteiger partial charge in [0.05, 0.1) is 23.1 Å². The molecule has 1 saturated heterocycles. The standard InChI is InChI=1S/C18H27N3O5S/c1-4-19-17(22)14(3)20-10-12-21(13-11-20)27(24,25)16-8-6-15(7-9-16)18(23)26-5-2/h6-9,14H,4-5,10-13H2,1-3H3,(H,19,22)/t14-/m0/s1. The molecular formula is C18H27N3O5S. The van der Waals surface area contributed by atoms with Crippen molar-refractivity contribution in [2.24, 2.45) is 0 Å². The third kappa shape index (κ3) is 5.06. The Morgan fingerprint density at radius 3 is 2.22 bits per heavy atom. The molecule has 0 aliphatic carbocycles. The highest BCUT2D eigenvalue weighted by molar-refractivity contribution is 7.89. The van der Waals surface area contributed by atoms with Gasteiger partial charge in [0.15, 0.2) is 0 Å². The highest BCUT2D eigenvalue weighted by atomic mass is 32.2. The molecule has 1 heterocycles. The zero-order valence-corrected chi connectivity index (χ0v) is 16.8. The van der Waals surface area contributed by atoms with E-state index in [0.717, 1.165) is 0 Å². The Bertz CT molecular complexity index is 756. The van der Waals surface area contributed by atoms with Crippen molar-refractivity contribution in [2.45, 2.75) is 31.7 Å². The zero-order chi connectivity index (χ0) is 20.0. The van der Waals surface area contributed by atoms with E-state index in [4.69, 9.17) is 4.74 Å². The van der Waals surface area contributed by atoms with Gasteiger partial charge < -0.3 is 10.1 Å². The number of sulfonamides is 1. The van der Waals surface area contributed by atoms with Crippen molar-refractivity contribution in [1.29, 1.82) is 0 Å². The molecule has 1 atom stereocenters. The van der Waals surface area contributed by atoms with E-state index in [1.54, 1.807) is 6.92 Å². The largest absolute Gasteiger partial charge is 0.462 e. The van der Waals surface area contributed by atoms with Crippen molar-refractivity contribution in [2.75, 3.05) is 39.3 Å². The Hall–Kier alpha value is -1.97. The van der Waals surface area contributed by atoms with Gasteiger partial charge in [-0.1, -0.05) is 0 Å². The van der Waals surface area contributed by atoms with Crippen LogP contribution >= 0.6 is 0 Å². The maximum Gasteiger partial charge on any atom is 0.338 e. The molecule has 0 bridgehead atoms. The van der Waals surface area contributed by atoms with Gasteiger partial charge in [0.25, 0.3) is 0 Å². The van der Waals surface area contributed by atoms with Gasteiger partial charge in [-0.2, -0.15) is 4.31 Å². The van der Waals surface area contributed by atoms with Gasteiger partial charge in [0.2, 0.25) is 15.9 Å². The molecule has 9 heteroatoms. The lowest BCUT2D eigenvalue weighted by Crippen LogP contribution is -2.54. The summed E-state index contributed by atoms with van der Waals surface area (Å²) in [5, 5.41) is 2.78. The molecule has 2 rings (SSSR count). The maximum absolute atomic E-state index is 12.8. The number of hydrogen-bond donors (Lipinski definition) is 1. The van der Waals surface area contributed by atoms with Crippen LogP contribution in [0.5, 0.6) is 0 Å². The molecule has 0 unspecified atom stereocenters.